The van der Waals surface area contributed by atoms with E-state index in [0.29, 0.717) is 17.8 Å². The van der Waals surface area contributed by atoms with Crippen molar-refractivity contribution in [3.05, 3.63) is 40.8 Å². The number of hydrogen-bond acceptors (Lipinski definition) is 9. The number of nitrogens with one attached hydrogen (secondary N) is 1. The van der Waals surface area contributed by atoms with Gasteiger partial charge in [-0.05, 0) is 30.2 Å². The number of benzene rings is 1. The van der Waals surface area contributed by atoms with Crippen LogP contribution in [0.25, 0.3) is 9.53 Å². The van der Waals surface area contributed by atoms with Gasteiger partial charge in [-0.2, -0.15) is 0 Å². The van der Waals surface area contributed by atoms with Crippen molar-refractivity contribution >= 4 is 59.2 Å². The number of rotatable bonds is 8. The molecular weight excluding hydrogens is 448 g/mol. The zero-order chi connectivity index (χ0) is 21.9. The molecule has 0 aliphatic carbocycles. The second kappa shape index (κ2) is 9.08. The van der Waals surface area contributed by atoms with Crippen LogP contribution in [-0.2, 0) is 26.0 Å². The van der Waals surface area contributed by atoms with Crippen molar-refractivity contribution in [3.8, 4) is 0 Å². The average Bonchev–Trinajstić information content (AvgIpc) is 3.25. The quantitative estimate of drug-likeness (QED) is 0.480. The number of aromatic nitrogens is 1. The van der Waals surface area contributed by atoms with Crippen molar-refractivity contribution < 1.29 is 22.7 Å². The van der Waals surface area contributed by atoms with Crippen molar-refractivity contribution in [2.24, 2.45) is 5.14 Å². The highest BCUT2D eigenvalue weighted by Crippen LogP contribution is 2.34. The predicted molar refractivity (Wildman–Crippen MR) is 117 cm³/mol. The number of sulfonamides is 1. The summed E-state index contributed by atoms with van der Waals surface area (Å²) in [5.41, 5.74) is 0.836. The number of anilines is 1. The van der Waals surface area contributed by atoms with Crippen LogP contribution in [0.15, 0.2) is 35.2 Å². The van der Waals surface area contributed by atoms with Gasteiger partial charge in [0, 0.05) is 20.6 Å². The van der Waals surface area contributed by atoms with Crippen LogP contribution in [0, 0.1) is 0 Å². The van der Waals surface area contributed by atoms with Gasteiger partial charge in [0.15, 0.2) is 11.7 Å². The third-order valence-electron chi connectivity index (χ3n) is 3.98. The van der Waals surface area contributed by atoms with Crippen LogP contribution in [0.3, 0.4) is 0 Å². The molecule has 1 amide bonds. The minimum Gasteiger partial charge on any atom is -0.451 e. The normalized spacial score (nSPS) is 11.4. The molecule has 3 N–H and O–H groups in total. The standard InChI is InChI=1S/C18H20N4O5S3/c1-22(2)18-21-16-13(29-18)9-14(28-16)17(24)27-10-15(23)20-8-7-11-3-5-12(6-4-11)30(19,25)26/h3-6,9H,7-8,10H2,1-2H3,(H,20,23)(H2,19,25,26). The van der Waals surface area contributed by atoms with Gasteiger partial charge in [0.2, 0.25) is 10.0 Å². The molecule has 30 heavy (non-hydrogen) atoms. The largest absolute Gasteiger partial charge is 0.451 e. The molecule has 3 rings (SSSR count). The molecule has 0 fully saturated rings. The lowest BCUT2D eigenvalue weighted by Crippen LogP contribution is -2.30. The maximum Gasteiger partial charge on any atom is 0.348 e. The van der Waals surface area contributed by atoms with Crippen LogP contribution < -0.4 is 15.4 Å². The fraction of sp³-hybridized carbons (Fsp3) is 0.278. The highest BCUT2D eigenvalue weighted by Gasteiger charge is 2.17. The predicted octanol–water partition coefficient (Wildman–Crippen LogP) is 1.59. The molecule has 0 unspecified atom stereocenters. The number of hydrogen-bond donors (Lipinski definition) is 2. The molecule has 0 radical (unpaired) electrons. The molecule has 0 aliphatic rings. The second-order valence-electron chi connectivity index (χ2n) is 6.54. The van der Waals surface area contributed by atoms with Crippen molar-refractivity contribution in [1.82, 2.24) is 10.3 Å². The summed E-state index contributed by atoms with van der Waals surface area (Å²) in [5.74, 6) is -0.985. The first-order valence-electron chi connectivity index (χ1n) is 8.77. The maximum atomic E-state index is 12.2. The highest BCUT2D eigenvalue weighted by atomic mass is 32.2. The van der Waals surface area contributed by atoms with E-state index in [2.05, 4.69) is 10.3 Å². The number of esters is 1. The van der Waals surface area contributed by atoms with Gasteiger partial charge in [-0.25, -0.2) is 23.3 Å². The molecule has 0 saturated carbocycles. The molecule has 9 nitrogen and oxygen atoms in total. The summed E-state index contributed by atoms with van der Waals surface area (Å²) >= 11 is 2.70. The van der Waals surface area contributed by atoms with Gasteiger partial charge in [0.1, 0.15) is 9.71 Å². The molecule has 0 aliphatic heterocycles. The van der Waals surface area contributed by atoms with Crippen molar-refractivity contribution in [2.75, 3.05) is 32.1 Å². The molecule has 0 spiro atoms. The van der Waals surface area contributed by atoms with Crippen LogP contribution in [0.1, 0.15) is 15.2 Å². The summed E-state index contributed by atoms with van der Waals surface area (Å²) in [6.45, 7) is -0.0673. The van der Waals surface area contributed by atoms with E-state index in [1.54, 1.807) is 18.2 Å². The van der Waals surface area contributed by atoms with E-state index in [4.69, 9.17) is 9.88 Å². The molecule has 1 aromatic carbocycles. The van der Waals surface area contributed by atoms with Crippen LogP contribution in [-0.4, -0.2) is 52.5 Å². The highest BCUT2D eigenvalue weighted by molar-refractivity contribution is 7.89. The third-order valence-corrected chi connectivity index (χ3v) is 7.22. The first-order valence-corrected chi connectivity index (χ1v) is 11.9. The molecule has 2 aromatic heterocycles. The summed E-state index contributed by atoms with van der Waals surface area (Å²) in [7, 11) is 0.0714. The van der Waals surface area contributed by atoms with Crippen molar-refractivity contribution in [2.45, 2.75) is 11.3 Å². The Balaban J connectivity index is 1.44. The summed E-state index contributed by atoms with van der Waals surface area (Å²) < 4.78 is 28.4. The number of amides is 1. The Morgan fingerprint density at radius 1 is 1.20 bits per heavy atom. The third kappa shape index (κ3) is 5.53. The number of nitrogens with zero attached hydrogens (tertiary/aromatic N) is 2. The van der Waals surface area contributed by atoms with Crippen LogP contribution in [0.2, 0.25) is 0 Å². The Labute approximate surface area is 181 Å². The number of thiophene rings is 1. The lowest BCUT2D eigenvalue weighted by atomic mass is 10.1. The smallest absolute Gasteiger partial charge is 0.348 e. The van der Waals surface area contributed by atoms with Crippen LogP contribution >= 0.6 is 22.7 Å². The molecule has 2 heterocycles. The maximum absolute atomic E-state index is 12.2. The Hall–Kier alpha value is -2.54. The summed E-state index contributed by atoms with van der Waals surface area (Å²) in [6.07, 6.45) is 0.492. The number of carbonyl (C=O) groups excluding carboxylic acids is 2. The zero-order valence-electron chi connectivity index (χ0n) is 16.2. The van der Waals surface area contributed by atoms with E-state index < -0.39 is 21.9 Å². The number of primary sulfonamides is 1. The minimum atomic E-state index is -3.73. The first kappa shape index (κ1) is 22.2. The molecule has 12 heteroatoms. The summed E-state index contributed by atoms with van der Waals surface area (Å²) in [6, 6.07) is 7.80. The fourth-order valence-electron chi connectivity index (χ4n) is 2.46. The van der Waals surface area contributed by atoms with Gasteiger partial charge in [-0.3, -0.25) is 4.79 Å². The zero-order valence-corrected chi connectivity index (χ0v) is 18.7. The van der Waals surface area contributed by atoms with Gasteiger partial charge >= 0.3 is 5.97 Å². The van der Waals surface area contributed by atoms with Gasteiger partial charge in [-0.1, -0.05) is 23.5 Å². The van der Waals surface area contributed by atoms with Crippen LogP contribution in [0.4, 0.5) is 5.13 Å². The van der Waals surface area contributed by atoms with Crippen molar-refractivity contribution in [1.29, 1.82) is 0 Å². The number of thiazole rings is 1. The van der Waals surface area contributed by atoms with E-state index in [9.17, 15) is 18.0 Å². The molecule has 0 atom stereocenters. The number of nitrogens with two attached hydrogens (primary N) is 1. The van der Waals surface area contributed by atoms with Crippen molar-refractivity contribution in [3.63, 3.8) is 0 Å². The second-order valence-corrected chi connectivity index (χ2v) is 10.1. The topological polar surface area (TPSA) is 132 Å². The fourth-order valence-corrected chi connectivity index (χ4v) is 5.00. The lowest BCUT2D eigenvalue weighted by molar-refractivity contribution is -0.124. The minimum absolute atomic E-state index is 0.0313. The van der Waals surface area contributed by atoms with E-state index in [0.717, 1.165) is 20.2 Å². The molecule has 3 aromatic rings. The summed E-state index contributed by atoms with van der Waals surface area (Å²) in [5, 5.41) is 8.56. The van der Waals surface area contributed by atoms with E-state index in [1.807, 2.05) is 19.0 Å². The lowest BCUT2D eigenvalue weighted by Gasteiger charge is -2.07. The monoisotopic (exact) mass is 468 g/mol. The Morgan fingerprint density at radius 3 is 2.50 bits per heavy atom. The van der Waals surface area contributed by atoms with Gasteiger partial charge in [-0.15, -0.1) is 11.3 Å². The SMILES string of the molecule is CN(C)c1nc2sc(C(=O)OCC(=O)NCCc3ccc(S(N)(=O)=O)cc3)cc2s1. The molecule has 0 saturated heterocycles. The van der Waals surface area contributed by atoms with E-state index in [-0.39, 0.29) is 11.5 Å². The Morgan fingerprint density at radius 2 is 1.90 bits per heavy atom. The number of carbonyl (C=O) groups is 2. The summed E-state index contributed by atoms with van der Waals surface area (Å²) in [4.78, 5) is 31.6. The van der Waals surface area contributed by atoms with E-state index in [1.165, 1.54) is 34.8 Å². The first-order chi connectivity index (χ1) is 14.1. The molecule has 160 valence electrons. The molecule has 0 bridgehead atoms. The van der Waals surface area contributed by atoms with Gasteiger partial charge in [0.05, 0.1) is 9.60 Å². The Kier molecular flexibility index (Phi) is 6.71. The average molecular weight is 469 g/mol. The van der Waals surface area contributed by atoms with Crippen LogP contribution in [0.5, 0.6) is 0 Å². The molecular formula is C18H20N4O5S3. The number of ether oxygens (including phenoxy) is 1. The Bertz CT molecular complexity index is 1130. The number of fused-ring (bicyclic) bond motifs is 1. The van der Waals surface area contributed by atoms with Gasteiger partial charge in [0.25, 0.3) is 5.91 Å². The van der Waals surface area contributed by atoms with E-state index >= 15 is 0 Å². The van der Waals surface area contributed by atoms with Gasteiger partial charge < -0.3 is 15.0 Å².